The van der Waals surface area contributed by atoms with E-state index in [2.05, 4.69) is 5.32 Å². The number of hydrogen-bond acceptors (Lipinski definition) is 4. The van der Waals surface area contributed by atoms with Crippen LogP contribution < -0.4 is 19.5 Å². The van der Waals surface area contributed by atoms with Crippen molar-refractivity contribution in [2.45, 2.75) is 19.7 Å². The lowest BCUT2D eigenvalue weighted by Crippen LogP contribution is -2.13. The highest BCUT2D eigenvalue weighted by molar-refractivity contribution is 5.85. The molecule has 154 valence electrons. The Morgan fingerprint density at radius 3 is 2.17 bits per heavy atom. The summed E-state index contributed by atoms with van der Waals surface area (Å²) in [5.41, 5.74) is 3.09. The van der Waals surface area contributed by atoms with Crippen molar-refractivity contribution in [1.82, 2.24) is 5.32 Å². The van der Waals surface area contributed by atoms with Crippen molar-refractivity contribution in [3.8, 4) is 17.2 Å². The van der Waals surface area contributed by atoms with E-state index in [0.717, 1.165) is 22.4 Å². The minimum absolute atomic E-state index is 0. The van der Waals surface area contributed by atoms with Gasteiger partial charge in [0.25, 0.3) is 0 Å². The smallest absolute Gasteiger partial charge is 0.161 e. The molecule has 0 radical (unpaired) electrons. The maximum Gasteiger partial charge on any atom is 0.161 e. The van der Waals surface area contributed by atoms with Crippen molar-refractivity contribution in [3.63, 3.8) is 0 Å². The zero-order valence-corrected chi connectivity index (χ0v) is 17.3. The average Bonchev–Trinajstić information content (AvgIpc) is 2.74. The Bertz CT molecular complexity index is 903. The molecule has 0 aromatic heterocycles. The fourth-order valence-corrected chi connectivity index (χ4v) is 2.87. The quantitative estimate of drug-likeness (QED) is 0.523. The summed E-state index contributed by atoms with van der Waals surface area (Å²) in [6.07, 6.45) is 0. The van der Waals surface area contributed by atoms with Gasteiger partial charge in [-0.15, -0.1) is 12.4 Å². The molecule has 0 fully saturated rings. The molecule has 0 spiro atoms. The minimum atomic E-state index is -0.258. The van der Waals surface area contributed by atoms with Crippen molar-refractivity contribution in [1.29, 1.82) is 0 Å². The summed E-state index contributed by atoms with van der Waals surface area (Å²) in [4.78, 5) is 0. The molecular weight excluding hydrogens is 393 g/mol. The molecule has 0 amide bonds. The normalized spacial score (nSPS) is 10.2. The summed E-state index contributed by atoms with van der Waals surface area (Å²) in [5.74, 6) is 1.93. The van der Waals surface area contributed by atoms with Crippen molar-refractivity contribution in [2.24, 2.45) is 0 Å². The van der Waals surface area contributed by atoms with Crippen LogP contribution in [0.2, 0.25) is 0 Å². The van der Waals surface area contributed by atoms with E-state index in [1.807, 2.05) is 42.5 Å². The van der Waals surface area contributed by atoms with Crippen LogP contribution in [0.5, 0.6) is 17.2 Å². The first kappa shape index (κ1) is 22.5. The summed E-state index contributed by atoms with van der Waals surface area (Å²) in [7, 11) is 3.29. The largest absolute Gasteiger partial charge is 0.496 e. The second kappa shape index (κ2) is 11.3. The standard InChI is InChI=1S/C23H24FNO3.ClH/c1-26-21-6-4-3-5-19(21)15-25-14-18-9-12-22(23(13-18)27-2)28-16-17-7-10-20(24)11-8-17;/h3-13,25H,14-16H2,1-2H3;1H. The van der Waals surface area contributed by atoms with E-state index in [1.165, 1.54) is 12.1 Å². The third-order valence-electron chi connectivity index (χ3n) is 4.37. The Morgan fingerprint density at radius 2 is 1.45 bits per heavy atom. The molecule has 0 bridgehead atoms. The van der Waals surface area contributed by atoms with Gasteiger partial charge < -0.3 is 19.5 Å². The molecule has 3 aromatic rings. The van der Waals surface area contributed by atoms with Crippen LogP contribution >= 0.6 is 12.4 Å². The molecule has 0 atom stereocenters. The van der Waals surface area contributed by atoms with Gasteiger partial charge in [-0.25, -0.2) is 4.39 Å². The third kappa shape index (κ3) is 6.38. The van der Waals surface area contributed by atoms with E-state index in [0.29, 0.717) is 31.2 Å². The maximum atomic E-state index is 13.0. The summed E-state index contributed by atoms with van der Waals surface area (Å²) in [5, 5.41) is 3.41. The monoisotopic (exact) mass is 417 g/mol. The van der Waals surface area contributed by atoms with Crippen molar-refractivity contribution < 1.29 is 18.6 Å². The Kier molecular flexibility index (Phi) is 8.77. The van der Waals surface area contributed by atoms with Crippen LogP contribution in [0, 0.1) is 5.82 Å². The molecule has 0 saturated carbocycles. The first-order chi connectivity index (χ1) is 13.7. The first-order valence-corrected chi connectivity index (χ1v) is 9.06. The molecule has 0 aliphatic rings. The van der Waals surface area contributed by atoms with Gasteiger partial charge in [0.1, 0.15) is 18.2 Å². The van der Waals surface area contributed by atoms with Crippen LogP contribution in [-0.2, 0) is 19.7 Å². The number of hydrogen-bond donors (Lipinski definition) is 1. The number of halogens is 2. The Labute approximate surface area is 177 Å². The first-order valence-electron chi connectivity index (χ1n) is 9.06. The molecule has 3 aromatic carbocycles. The van der Waals surface area contributed by atoms with E-state index in [9.17, 15) is 4.39 Å². The Hall–Kier alpha value is -2.76. The van der Waals surface area contributed by atoms with Crippen LogP contribution in [0.3, 0.4) is 0 Å². The lowest BCUT2D eigenvalue weighted by molar-refractivity contribution is 0.284. The van der Waals surface area contributed by atoms with Crippen LogP contribution in [0.25, 0.3) is 0 Å². The van der Waals surface area contributed by atoms with E-state index < -0.39 is 0 Å². The fourth-order valence-electron chi connectivity index (χ4n) is 2.87. The van der Waals surface area contributed by atoms with Gasteiger partial charge in [0.2, 0.25) is 0 Å². The molecule has 0 unspecified atom stereocenters. The highest BCUT2D eigenvalue weighted by Gasteiger charge is 2.07. The summed E-state index contributed by atoms with van der Waals surface area (Å²) >= 11 is 0. The van der Waals surface area contributed by atoms with E-state index in [1.54, 1.807) is 26.4 Å². The molecule has 0 aliphatic carbocycles. The van der Waals surface area contributed by atoms with Gasteiger partial charge in [0.15, 0.2) is 11.5 Å². The molecule has 4 nitrogen and oxygen atoms in total. The molecule has 6 heteroatoms. The molecule has 0 heterocycles. The van der Waals surface area contributed by atoms with E-state index >= 15 is 0 Å². The van der Waals surface area contributed by atoms with Gasteiger partial charge in [-0.2, -0.15) is 0 Å². The minimum Gasteiger partial charge on any atom is -0.496 e. The van der Waals surface area contributed by atoms with Crippen LogP contribution in [0.4, 0.5) is 4.39 Å². The molecule has 29 heavy (non-hydrogen) atoms. The van der Waals surface area contributed by atoms with Gasteiger partial charge in [-0.1, -0.05) is 36.4 Å². The average molecular weight is 418 g/mol. The third-order valence-corrected chi connectivity index (χ3v) is 4.37. The van der Waals surface area contributed by atoms with Crippen molar-refractivity contribution in [2.75, 3.05) is 14.2 Å². The summed E-state index contributed by atoms with van der Waals surface area (Å²) in [6, 6.07) is 20.0. The van der Waals surface area contributed by atoms with Gasteiger partial charge in [0.05, 0.1) is 14.2 Å². The second-order valence-electron chi connectivity index (χ2n) is 6.32. The lowest BCUT2D eigenvalue weighted by atomic mass is 10.1. The van der Waals surface area contributed by atoms with E-state index in [-0.39, 0.29) is 18.2 Å². The second-order valence-corrected chi connectivity index (χ2v) is 6.32. The van der Waals surface area contributed by atoms with Gasteiger partial charge in [0, 0.05) is 18.7 Å². The number of ether oxygens (including phenoxy) is 3. The number of rotatable bonds is 9. The topological polar surface area (TPSA) is 39.7 Å². The van der Waals surface area contributed by atoms with Crippen LogP contribution in [0.1, 0.15) is 16.7 Å². The SMILES string of the molecule is COc1ccccc1CNCc1ccc(OCc2ccc(F)cc2)c(OC)c1.Cl. The Morgan fingerprint density at radius 1 is 0.759 bits per heavy atom. The van der Waals surface area contributed by atoms with Crippen molar-refractivity contribution >= 4 is 12.4 Å². The molecular formula is C23H25ClFNO3. The summed E-state index contributed by atoms with van der Waals surface area (Å²) < 4.78 is 29.7. The molecule has 3 rings (SSSR count). The predicted molar refractivity (Wildman–Crippen MR) is 115 cm³/mol. The van der Waals surface area contributed by atoms with Crippen LogP contribution in [0.15, 0.2) is 66.7 Å². The summed E-state index contributed by atoms with van der Waals surface area (Å²) in [6.45, 7) is 1.74. The lowest BCUT2D eigenvalue weighted by Gasteiger charge is -2.13. The van der Waals surface area contributed by atoms with Gasteiger partial charge >= 0.3 is 0 Å². The predicted octanol–water partition coefficient (Wildman–Crippen LogP) is 5.13. The number of nitrogens with one attached hydrogen (secondary N) is 1. The zero-order valence-electron chi connectivity index (χ0n) is 16.5. The molecule has 1 N–H and O–H groups in total. The highest BCUT2D eigenvalue weighted by Crippen LogP contribution is 2.29. The number of methoxy groups -OCH3 is 2. The number of para-hydroxylation sites is 1. The van der Waals surface area contributed by atoms with Gasteiger partial charge in [-0.05, 0) is 41.5 Å². The maximum absolute atomic E-state index is 13.0. The molecule has 0 aliphatic heterocycles. The van der Waals surface area contributed by atoms with Gasteiger partial charge in [-0.3, -0.25) is 0 Å². The fraction of sp³-hybridized carbons (Fsp3) is 0.217. The zero-order chi connectivity index (χ0) is 19.8. The number of benzene rings is 3. The van der Waals surface area contributed by atoms with Crippen molar-refractivity contribution in [3.05, 3.63) is 89.2 Å². The highest BCUT2D eigenvalue weighted by atomic mass is 35.5. The molecule has 0 saturated heterocycles. The Balaban J connectivity index is 0.00000300. The van der Waals surface area contributed by atoms with Crippen LogP contribution in [-0.4, -0.2) is 14.2 Å². The van der Waals surface area contributed by atoms with E-state index in [4.69, 9.17) is 14.2 Å².